The maximum Gasteiger partial charge on any atom is 0.255 e. The first-order valence-electron chi connectivity index (χ1n) is 9.27. The molecule has 0 aliphatic carbocycles. The second kappa shape index (κ2) is 4.93. The quantitative estimate of drug-likeness (QED) is 0.673. The van der Waals surface area contributed by atoms with Crippen molar-refractivity contribution >= 4 is 22.9 Å². The van der Waals surface area contributed by atoms with Gasteiger partial charge in [0.05, 0.1) is 16.8 Å². The molecule has 3 heterocycles. The Morgan fingerprint density at radius 2 is 1.81 bits per heavy atom. The van der Waals surface area contributed by atoms with Crippen LogP contribution in [0.25, 0.3) is 5.57 Å². The molecule has 5 heteroatoms. The summed E-state index contributed by atoms with van der Waals surface area (Å²) < 4.78 is 0. The molecule has 0 radical (unpaired) electrons. The fourth-order valence-corrected chi connectivity index (χ4v) is 4.92. The Bertz CT molecular complexity index is 1040. The van der Waals surface area contributed by atoms with E-state index < -0.39 is 11.9 Å². The van der Waals surface area contributed by atoms with Gasteiger partial charge < -0.3 is 20.6 Å². The van der Waals surface area contributed by atoms with Gasteiger partial charge in [0.2, 0.25) is 0 Å². The average molecular weight is 361 g/mol. The Kier molecular flexibility index (Phi) is 2.99. The second-order valence-electron chi connectivity index (χ2n) is 8.37. The molecule has 0 saturated heterocycles. The average Bonchev–Trinajstić information content (AvgIpc) is 2.82. The molecule has 2 atom stereocenters. The lowest BCUT2D eigenvalue weighted by Crippen LogP contribution is -2.65. The lowest BCUT2D eigenvalue weighted by atomic mass is 9.87. The lowest BCUT2D eigenvalue weighted by Gasteiger charge is -2.46. The number of aliphatic hydroxyl groups is 1. The van der Waals surface area contributed by atoms with Crippen molar-refractivity contribution in [3.8, 4) is 0 Å². The Balaban J connectivity index is 1.80. The number of aryl methyl sites for hydroxylation is 1. The molecule has 3 N–H and O–H groups in total. The molecule has 5 nitrogen and oxygen atoms in total. The van der Waals surface area contributed by atoms with Crippen molar-refractivity contribution in [3.63, 3.8) is 0 Å². The molecule has 5 rings (SSSR count). The largest absolute Gasteiger partial charge is 0.369 e. The van der Waals surface area contributed by atoms with Crippen molar-refractivity contribution in [2.45, 2.75) is 45.1 Å². The summed E-state index contributed by atoms with van der Waals surface area (Å²) in [6.07, 6.45) is 1.24. The Labute approximate surface area is 158 Å². The number of hydrogen-bond donors (Lipinski definition) is 3. The summed E-state index contributed by atoms with van der Waals surface area (Å²) in [5, 5.41) is 18.1. The number of aliphatic hydroxyl groups excluding tert-OH is 1. The van der Waals surface area contributed by atoms with Crippen LogP contribution in [-0.4, -0.2) is 22.8 Å². The van der Waals surface area contributed by atoms with Gasteiger partial charge in [0.15, 0.2) is 11.9 Å². The number of allylic oxidation sites excluding steroid dienone is 1. The third kappa shape index (κ3) is 1.95. The van der Waals surface area contributed by atoms with Gasteiger partial charge in [0.1, 0.15) is 0 Å². The normalized spacial score (nSPS) is 26.9. The van der Waals surface area contributed by atoms with Crippen molar-refractivity contribution in [1.82, 2.24) is 5.32 Å². The molecular weight excluding hydrogens is 338 g/mol. The summed E-state index contributed by atoms with van der Waals surface area (Å²) in [6.45, 7) is 8.33. The van der Waals surface area contributed by atoms with Crippen LogP contribution in [0.2, 0.25) is 0 Å². The smallest absolute Gasteiger partial charge is 0.255 e. The Hall–Kier alpha value is -2.79. The van der Waals surface area contributed by atoms with Crippen LogP contribution in [0.4, 0.5) is 11.4 Å². The predicted octanol–water partition coefficient (Wildman–Crippen LogP) is 3.34. The van der Waals surface area contributed by atoms with E-state index in [1.807, 2.05) is 30.0 Å². The van der Waals surface area contributed by atoms with Crippen LogP contribution in [0.3, 0.4) is 0 Å². The third-order valence-electron chi connectivity index (χ3n) is 5.98. The van der Waals surface area contributed by atoms with Gasteiger partial charge in [-0.3, -0.25) is 4.79 Å². The summed E-state index contributed by atoms with van der Waals surface area (Å²) >= 11 is 0. The number of amides is 1. The molecule has 0 unspecified atom stereocenters. The molecule has 3 aliphatic heterocycles. The number of hydrogen-bond acceptors (Lipinski definition) is 4. The molecule has 0 bridgehead atoms. The number of carbonyl (C=O) groups excluding carboxylic acids is 1. The monoisotopic (exact) mass is 361 g/mol. The highest BCUT2D eigenvalue weighted by Gasteiger charge is 2.58. The second-order valence-corrected chi connectivity index (χ2v) is 8.37. The molecule has 27 heavy (non-hydrogen) atoms. The minimum Gasteiger partial charge on any atom is -0.369 e. The first-order valence-corrected chi connectivity index (χ1v) is 9.27. The summed E-state index contributed by atoms with van der Waals surface area (Å²) in [4.78, 5) is 14.9. The van der Waals surface area contributed by atoms with Crippen LogP contribution in [0, 0.1) is 6.92 Å². The van der Waals surface area contributed by atoms with Crippen LogP contribution >= 0.6 is 0 Å². The van der Waals surface area contributed by atoms with Gasteiger partial charge in [-0.2, -0.15) is 0 Å². The van der Waals surface area contributed by atoms with Gasteiger partial charge in [-0.15, -0.1) is 0 Å². The zero-order chi connectivity index (χ0) is 19.1. The molecule has 2 aromatic rings. The molecule has 138 valence electrons. The zero-order valence-electron chi connectivity index (χ0n) is 15.9. The van der Waals surface area contributed by atoms with E-state index in [9.17, 15) is 9.90 Å². The number of para-hydroxylation sites is 1. The molecule has 1 spiro atoms. The van der Waals surface area contributed by atoms with Crippen molar-refractivity contribution < 1.29 is 9.90 Å². The number of fused-ring (bicyclic) bond motifs is 2. The number of nitrogens with one attached hydrogen (secondary N) is 2. The van der Waals surface area contributed by atoms with E-state index in [1.165, 1.54) is 5.57 Å². The lowest BCUT2D eigenvalue weighted by molar-refractivity contribution is 0.0571. The fraction of sp³-hybridized carbons (Fsp3) is 0.318. The maximum absolute atomic E-state index is 12.9. The molecular formula is C22H23N3O2. The van der Waals surface area contributed by atoms with Gasteiger partial charge in [0, 0.05) is 16.8 Å². The van der Waals surface area contributed by atoms with Gasteiger partial charge in [-0.25, -0.2) is 0 Å². The van der Waals surface area contributed by atoms with Crippen LogP contribution in [-0.2, 0) is 5.66 Å². The SMILES string of the molecule is CC1=CC(C)(C)N2c3c1cc(C)cc3[C@@]1(NC(=O)c3ccccc3N1)[C@@H]2O. The topological polar surface area (TPSA) is 64.6 Å². The number of nitrogens with zero attached hydrogens (tertiary/aromatic N) is 1. The number of carbonyl (C=O) groups is 1. The van der Waals surface area contributed by atoms with E-state index in [0.29, 0.717) is 5.56 Å². The first-order chi connectivity index (χ1) is 12.7. The summed E-state index contributed by atoms with van der Waals surface area (Å²) in [5.74, 6) is -0.180. The number of rotatable bonds is 0. The highest BCUT2D eigenvalue weighted by Crippen LogP contribution is 2.54. The molecule has 3 aliphatic rings. The van der Waals surface area contributed by atoms with E-state index in [1.54, 1.807) is 6.07 Å². The molecule has 2 aromatic carbocycles. The highest BCUT2D eigenvalue weighted by atomic mass is 16.3. The summed E-state index contributed by atoms with van der Waals surface area (Å²) in [5.41, 5.74) is 5.14. The van der Waals surface area contributed by atoms with Crippen LogP contribution < -0.4 is 15.5 Å². The Morgan fingerprint density at radius 1 is 1.07 bits per heavy atom. The highest BCUT2D eigenvalue weighted by molar-refractivity contribution is 6.03. The third-order valence-corrected chi connectivity index (χ3v) is 5.98. The minimum absolute atomic E-state index is 0.180. The van der Waals surface area contributed by atoms with Crippen molar-refractivity contribution in [1.29, 1.82) is 0 Å². The summed E-state index contributed by atoms with van der Waals surface area (Å²) in [7, 11) is 0. The molecule has 0 fully saturated rings. The fourth-order valence-electron chi connectivity index (χ4n) is 4.92. The van der Waals surface area contributed by atoms with Crippen molar-refractivity contribution in [2.24, 2.45) is 0 Å². The molecule has 1 amide bonds. The number of benzene rings is 2. The van der Waals surface area contributed by atoms with Gasteiger partial charge >= 0.3 is 0 Å². The molecule has 0 aromatic heterocycles. The van der Waals surface area contributed by atoms with E-state index in [-0.39, 0.29) is 11.4 Å². The van der Waals surface area contributed by atoms with Crippen molar-refractivity contribution in [2.75, 3.05) is 10.2 Å². The maximum atomic E-state index is 12.9. The standard InChI is InChI=1S/C22H23N3O2/c1-12-9-15-13(2)11-21(3,4)25-18(15)16(10-12)22(20(25)27)23-17-8-6-5-7-14(17)19(26)24-22/h5-11,20,23,27H,1-4H3,(H,24,26)/t20-,22+/m0/s1. The zero-order valence-corrected chi connectivity index (χ0v) is 15.9. The summed E-state index contributed by atoms with van der Waals surface area (Å²) in [6, 6.07) is 11.6. The van der Waals surface area contributed by atoms with Crippen LogP contribution in [0.1, 0.15) is 47.8 Å². The number of anilines is 2. The van der Waals surface area contributed by atoms with Gasteiger partial charge in [-0.1, -0.05) is 18.2 Å². The van der Waals surface area contributed by atoms with Gasteiger partial charge in [0.25, 0.3) is 5.91 Å². The van der Waals surface area contributed by atoms with Gasteiger partial charge in [-0.05, 0) is 63.1 Å². The molecule has 0 saturated carbocycles. The van der Waals surface area contributed by atoms with E-state index in [0.717, 1.165) is 28.1 Å². The predicted molar refractivity (Wildman–Crippen MR) is 107 cm³/mol. The minimum atomic E-state index is -1.09. The van der Waals surface area contributed by atoms with E-state index >= 15 is 0 Å². The van der Waals surface area contributed by atoms with E-state index in [4.69, 9.17) is 0 Å². The Morgan fingerprint density at radius 3 is 2.59 bits per heavy atom. The van der Waals surface area contributed by atoms with E-state index in [2.05, 4.69) is 49.6 Å². The first kappa shape index (κ1) is 16.4. The van der Waals surface area contributed by atoms with Crippen LogP contribution in [0.5, 0.6) is 0 Å². The van der Waals surface area contributed by atoms with Crippen molar-refractivity contribution in [3.05, 3.63) is 64.7 Å². The van der Waals surface area contributed by atoms with Crippen LogP contribution in [0.15, 0.2) is 42.5 Å².